The van der Waals surface area contributed by atoms with Gasteiger partial charge in [-0.1, -0.05) is 17.7 Å². The Morgan fingerprint density at radius 3 is 2.59 bits per heavy atom. The molecule has 0 spiro atoms. The summed E-state index contributed by atoms with van der Waals surface area (Å²) in [5.41, 5.74) is 6.44. The number of carbonyl (C=O) groups excluding carboxylic acids is 1. The molecule has 0 saturated heterocycles. The smallest absolute Gasteiger partial charge is 0.272 e. The summed E-state index contributed by atoms with van der Waals surface area (Å²) < 4.78 is 14.9. The highest BCUT2D eigenvalue weighted by molar-refractivity contribution is 5.97. The van der Waals surface area contributed by atoms with Crippen molar-refractivity contribution in [1.29, 1.82) is 0 Å². The number of ether oxygens (including phenoxy) is 2. The minimum absolute atomic E-state index is 0.167. The molecule has 0 saturated carbocycles. The third-order valence-electron chi connectivity index (χ3n) is 6.15. The van der Waals surface area contributed by atoms with Gasteiger partial charge in [0.1, 0.15) is 0 Å². The van der Waals surface area contributed by atoms with Crippen molar-refractivity contribution in [3.8, 4) is 28.4 Å². The highest BCUT2D eigenvalue weighted by Gasteiger charge is 2.32. The van der Waals surface area contributed by atoms with E-state index in [2.05, 4.69) is 10.3 Å². The van der Waals surface area contributed by atoms with Gasteiger partial charge < -0.3 is 19.4 Å². The van der Waals surface area contributed by atoms with Gasteiger partial charge in [-0.2, -0.15) is 5.10 Å². The maximum absolute atomic E-state index is 13.2. The minimum atomic E-state index is -0.167. The maximum Gasteiger partial charge on any atom is 0.272 e. The molecular formula is C26H27N5O3. The standard InChI is InChI=1S/C26H27N5O3/c1-17-5-7-19(8-6-17)31-25-20-15-23(34-3)22(33-2)14-18(20)13-21(25)24(29-31)26(32)28-9-4-11-30-12-10-27-16-30/h5-8,10,12,14-16H,4,9,11,13H2,1-3H3,(H,28,32). The molecule has 0 unspecified atom stereocenters. The zero-order chi connectivity index (χ0) is 23.7. The second-order valence-corrected chi connectivity index (χ2v) is 8.37. The van der Waals surface area contributed by atoms with Crippen LogP contribution in [0.5, 0.6) is 11.5 Å². The first-order valence-electron chi connectivity index (χ1n) is 11.3. The molecule has 0 bridgehead atoms. The number of methoxy groups -OCH3 is 2. The van der Waals surface area contributed by atoms with Crippen LogP contribution in [0.4, 0.5) is 0 Å². The Labute approximate surface area is 198 Å². The quantitative estimate of drug-likeness (QED) is 0.359. The molecule has 5 rings (SSSR count). The number of aryl methyl sites for hydroxylation is 2. The summed E-state index contributed by atoms with van der Waals surface area (Å²) in [7, 11) is 3.25. The summed E-state index contributed by atoms with van der Waals surface area (Å²) in [5, 5.41) is 7.81. The van der Waals surface area contributed by atoms with Gasteiger partial charge in [-0.05, 0) is 43.2 Å². The number of nitrogens with zero attached hydrogens (tertiary/aromatic N) is 4. The van der Waals surface area contributed by atoms with Gasteiger partial charge in [0.2, 0.25) is 0 Å². The Hall–Kier alpha value is -4.07. The maximum atomic E-state index is 13.2. The molecule has 1 aliphatic carbocycles. The van der Waals surface area contributed by atoms with Crippen molar-refractivity contribution in [2.75, 3.05) is 20.8 Å². The number of hydrogen-bond donors (Lipinski definition) is 1. The summed E-state index contributed by atoms with van der Waals surface area (Å²) in [6.45, 7) is 3.39. The van der Waals surface area contributed by atoms with E-state index in [9.17, 15) is 4.79 Å². The molecule has 1 aliphatic rings. The number of rotatable bonds is 8. The van der Waals surface area contributed by atoms with E-state index in [0.29, 0.717) is 30.2 Å². The monoisotopic (exact) mass is 457 g/mol. The van der Waals surface area contributed by atoms with Crippen molar-refractivity contribution < 1.29 is 14.3 Å². The summed E-state index contributed by atoms with van der Waals surface area (Å²) in [6.07, 6.45) is 6.85. The van der Waals surface area contributed by atoms with Crippen molar-refractivity contribution in [2.24, 2.45) is 0 Å². The molecule has 2 aromatic heterocycles. The first kappa shape index (κ1) is 21.8. The highest BCUT2D eigenvalue weighted by atomic mass is 16.5. The van der Waals surface area contributed by atoms with E-state index in [-0.39, 0.29) is 5.91 Å². The average Bonchev–Trinajstić information content (AvgIpc) is 3.57. The minimum Gasteiger partial charge on any atom is -0.493 e. The zero-order valence-corrected chi connectivity index (χ0v) is 19.5. The number of hydrogen-bond acceptors (Lipinski definition) is 5. The molecule has 174 valence electrons. The number of aromatic nitrogens is 4. The number of amides is 1. The normalized spacial score (nSPS) is 11.7. The van der Waals surface area contributed by atoms with E-state index < -0.39 is 0 Å². The van der Waals surface area contributed by atoms with Crippen LogP contribution >= 0.6 is 0 Å². The summed E-state index contributed by atoms with van der Waals surface area (Å²) >= 11 is 0. The topological polar surface area (TPSA) is 83.2 Å². The zero-order valence-electron chi connectivity index (χ0n) is 19.5. The van der Waals surface area contributed by atoms with E-state index in [1.165, 1.54) is 0 Å². The average molecular weight is 458 g/mol. The molecule has 0 fully saturated rings. The third kappa shape index (κ3) is 3.91. The van der Waals surface area contributed by atoms with Crippen LogP contribution in [0.1, 0.15) is 33.6 Å². The number of fused-ring (bicyclic) bond motifs is 3. The largest absolute Gasteiger partial charge is 0.493 e. The van der Waals surface area contributed by atoms with Crippen molar-refractivity contribution in [1.82, 2.24) is 24.6 Å². The number of benzene rings is 2. The molecular weight excluding hydrogens is 430 g/mol. The van der Waals surface area contributed by atoms with Crippen LogP contribution in [0.2, 0.25) is 0 Å². The molecule has 2 heterocycles. The fourth-order valence-electron chi connectivity index (χ4n) is 4.39. The fraction of sp³-hybridized carbons (Fsp3) is 0.269. The highest BCUT2D eigenvalue weighted by Crippen LogP contribution is 2.44. The van der Waals surface area contributed by atoms with Crippen LogP contribution in [-0.2, 0) is 13.0 Å². The Bertz CT molecular complexity index is 1320. The van der Waals surface area contributed by atoms with E-state index in [1.807, 2.05) is 58.8 Å². The van der Waals surface area contributed by atoms with Crippen LogP contribution < -0.4 is 14.8 Å². The van der Waals surface area contributed by atoms with E-state index >= 15 is 0 Å². The van der Waals surface area contributed by atoms with Crippen molar-refractivity contribution in [2.45, 2.75) is 26.3 Å². The molecule has 1 N–H and O–H groups in total. The summed E-state index contributed by atoms with van der Waals surface area (Å²) in [5.74, 6) is 1.16. The summed E-state index contributed by atoms with van der Waals surface area (Å²) in [4.78, 5) is 17.3. The lowest BCUT2D eigenvalue weighted by Crippen LogP contribution is -2.26. The molecule has 0 radical (unpaired) electrons. The molecule has 0 atom stereocenters. The number of imidazole rings is 1. The molecule has 4 aromatic rings. The Balaban J connectivity index is 1.49. The van der Waals surface area contributed by atoms with E-state index in [1.54, 1.807) is 26.7 Å². The van der Waals surface area contributed by atoms with Crippen molar-refractivity contribution in [3.05, 3.63) is 77.5 Å². The second-order valence-electron chi connectivity index (χ2n) is 8.37. The Morgan fingerprint density at radius 2 is 1.88 bits per heavy atom. The van der Waals surface area contributed by atoms with Crippen molar-refractivity contribution >= 4 is 5.91 Å². The Morgan fingerprint density at radius 1 is 1.12 bits per heavy atom. The predicted molar refractivity (Wildman–Crippen MR) is 129 cm³/mol. The van der Waals surface area contributed by atoms with Crippen molar-refractivity contribution in [3.63, 3.8) is 0 Å². The van der Waals surface area contributed by atoms with Crippen LogP contribution in [0.15, 0.2) is 55.1 Å². The van der Waals surface area contributed by atoms with Crippen LogP contribution in [0.3, 0.4) is 0 Å². The molecule has 1 amide bonds. The van der Waals surface area contributed by atoms with Gasteiger partial charge in [-0.3, -0.25) is 4.79 Å². The number of carbonyl (C=O) groups is 1. The van der Waals surface area contributed by atoms with Gasteiger partial charge in [-0.15, -0.1) is 0 Å². The molecule has 2 aromatic carbocycles. The lowest BCUT2D eigenvalue weighted by molar-refractivity contribution is 0.0946. The van der Waals surface area contributed by atoms with Gasteiger partial charge in [0, 0.05) is 43.0 Å². The van der Waals surface area contributed by atoms with Gasteiger partial charge in [-0.25, -0.2) is 9.67 Å². The third-order valence-corrected chi connectivity index (χ3v) is 6.15. The van der Waals surface area contributed by atoms with E-state index in [4.69, 9.17) is 14.6 Å². The molecule has 0 aliphatic heterocycles. The SMILES string of the molecule is COc1cc2c(cc1OC)-c1c(c(C(=O)NCCCn3ccnc3)nn1-c1ccc(C)cc1)C2. The van der Waals surface area contributed by atoms with Gasteiger partial charge >= 0.3 is 0 Å². The second kappa shape index (κ2) is 9.05. The predicted octanol–water partition coefficient (Wildman–Crippen LogP) is 3.79. The lowest BCUT2D eigenvalue weighted by atomic mass is 10.1. The van der Waals surface area contributed by atoms with Gasteiger partial charge in [0.05, 0.1) is 31.9 Å². The van der Waals surface area contributed by atoms with E-state index in [0.717, 1.165) is 46.6 Å². The number of nitrogens with one attached hydrogen (secondary N) is 1. The van der Waals surface area contributed by atoms with Crippen LogP contribution in [-0.4, -0.2) is 46.0 Å². The Kier molecular flexibility index (Phi) is 5.79. The molecule has 34 heavy (non-hydrogen) atoms. The van der Waals surface area contributed by atoms with Crippen LogP contribution in [0.25, 0.3) is 16.9 Å². The summed E-state index contributed by atoms with van der Waals surface area (Å²) in [6, 6.07) is 12.1. The fourth-order valence-corrected chi connectivity index (χ4v) is 4.39. The van der Waals surface area contributed by atoms with Gasteiger partial charge in [0.15, 0.2) is 17.2 Å². The first-order valence-corrected chi connectivity index (χ1v) is 11.3. The van der Waals surface area contributed by atoms with Gasteiger partial charge in [0.25, 0.3) is 5.91 Å². The first-order chi connectivity index (χ1) is 16.6. The lowest BCUT2D eigenvalue weighted by Gasteiger charge is -2.12. The molecule has 8 heteroatoms. The molecule has 8 nitrogen and oxygen atoms in total. The van der Waals surface area contributed by atoms with Crippen LogP contribution in [0, 0.1) is 6.92 Å².